The van der Waals surface area contributed by atoms with Crippen LogP contribution in [-0.2, 0) is 6.42 Å². The largest absolute Gasteiger partial charge is 0.396 e. The molecule has 18 heavy (non-hydrogen) atoms. The predicted molar refractivity (Wildman–Crippen MR) is 74.7 cm³/mol. The molecule has 1 aromatic rings. The Morgan fingerprint density at radius 2 is 2.06 bits per heavy atom. The average molecular weight is 247 g/mol. The zero-order valence-electron chi connectivity index (χ0n) is 10.8. The third-order valence-corrected chi connectivity index (χ3v) is 3.51. The molecule has 0 atom stereocenters. The first-order valence-electron chi connectivity index (χ1n) is 6.44. The summed E-state index contributed by atoms with van der Waals surface area (Å²) in [6.07, 6.45) is 3.12. The van der Waals surface area contributed by atoms with E-state index in [2.05, 4.69) is 29.4 Å². The number of hydrogen-bond acceptors (Lipinski definition) is 2. The normalized spacial score (nSPS) is 17.6. The lowest BCUT2D eigenvalue weighted by atomic mass is 10.1. The molecule has 0 aromatic heterocycles. The van der Waals surface area contributed by atoms with Crippen molar-refractivity contribution < 1.29 is 5.11 Å². The Hall–Kier alpha value is -1.55. The molecule has 0 spiro atoms. The van der Waals surface area contributed by atoms with Crippen LogP contribution in [0.15, 0.2) is 29.3 Å². The maximum absolute atomic E-state index is 9.19. The molecule has 0 saturated heterocycles. The smallest absolute Gasteiger partial charge is 0.193 e. The lowest BCUT2D eigenvalue weighted by Crippen LogP contribution is -2.24. The number of aliphatic hydroxyl groups is 1. The summed E-state index contributed by atoms with van der Waals surface area (Å²) in [4.78, 5) is 4.29. The summed E-state index contributed by atoms with van der Waals surface area (Å²) in [5.41, 5.74) is 8.08. The maximum atomic E-state index is 9.19. The molecule has 1 fully saturated rings. The number of benzene rings is 1. The summed E-state index contributed by atoms with van der Waals surface area (Å²) in [5, 5.41) is 12.3. The maximum Gasteiger partial charge on any atom is 0.193 e. The lowest BCUT2D eigenvalue weighted by Gasteiger charge is -2.10. The van der Waals surface area contributed by atoms with Crippen molar-refractivity contribution in [1.29, 1.82) is 0 Å². The van der Waals surface area contributed by atoms with Gasteiger partial charge in [-0.2, -0.15) is 0 Å². The summed E-state index contributed by atoms with van der Waals surface area (Å²) in [5.74, 6) is 0.416. The highest BCUT2D eigenvalue weighted by atomic mass is 16.3. The number of aliphatic hydroxyl groups excluding tert-OH is 1. The van der Waals surface area contributed by atoms with Crippen molar-refractivity contribution in [2.75, 3.05) is 18.5 Å². The Bertz CT molecular complexity index is 421. The molecule has 0 aliphatic heterocycles. The Morgan fingerprint density at radius 1 is 1.39 bits per heavy atom. The van der Waals surface area contributed by atoms with Gasteiger partial charge >= 0.3 is 0 Å². The van der Waals surface area contributed by atoms with E-state index < -0.39 is 0 Å². The highest BCUT2D eigenvalue weighted by molar-refractivity contribution is 5.92. The van der Waals surface area contributed by atoms with E-state index >= 15 is 0 Å². The molecular formula is C14H21N3O. The zero-order valence-corrected chi connectivity index (χ0v) is 10.8. The van der Waals surface area contributed by atoms with Crippen LogP contribution in [0.2, 0.25) is 0 Å². The van der Waals surface area contributed by atoms with Crippen LogP contribution in [0.3, 0.4) is 0 Å². The summed E-state index contributed by atoms with van der Waals surface area (Å²) >= 11 is 0. The fourth-order valence-electron chi connectivity index (χ4n) is 1.81. The Kier molecular flexibility index (Phi) is 3.87. The highest BCUT2D eigenvalue weighted by Crippen LogP contribution is 2.45. The van der Waals surface area contributed by atoms with E-state index in [0.717, 1.165) is 24.9 Å². The monoisotopic (exact) mass is 247 g/mol. The number of aryl methyl sites for hydroxylation is 1. The summed E-state index contributed by atoms with van der Waals surface area (Å²) in [7, 11) is 0. The van der Waals surface area contributed by atoms with E-state index in [1.807, 2.05) is 12.1 Å². The van der Waals surface area contributed by atoms with Crippen LogP contribution >= 0.6 is 0 Å². The van der Waals surface area contributed by atoms with Gasteiger partial charge in [-0.15, -0.1) is 0 Å². The summed E-state index contributed by atoms with van der Waals surface area (Å²) < 4.78 is 0. The molecule has 98 valence electrons. The van der Waals surface area contributed by atoms with E-state index in [9.17, 15) is 5.11 Å². The Balaban J connectivity index is 1.89. The minimum Gasteiger partial charge on any atom is -0.396 e. The number of nitrogens with zero attached hydrogens (tertiary/aromatic N) is 1. The van der Waals surface area contributed by atoms with Crippen LogP contribution in [0.5, 0.6) is 0 Å². The molecule has 0 radical (unpaired) electrons. The number of nitrogens with one attached hydrogen (secondary N) is 1. The molecule has 4 heteroatoms. The number of guanidine groups is 1. The highest BCUT2D eigenvalue weighted by Gasteiger charge is 2.41. The quantitative estimate of drug-likeness (QED) is 0.548. The molecule has 0 bridgehead atoms. The van der Waals surface area contributed by atoms with Gasteiger partial charge in [0.15, 0.2) is 5.96 Å². The van der Waals surface area contributed by atoms with Gasteiger partial charge in [-0.3, -0.25) is 4.99 Å². The van der Waals surface area contributed by atoms with Crippen molar-refractivity contribution in [3.63, 3.8) is 0 Å². The van der Waals surface area contributed by atoms with Gasteiger partial charge in [0.25, 0.3) is 0 Å². The van der Waals surface area contributed by atoms with Crippen molar-refractivity contribution in [2.24, 2.45) is 16.1 Å². The molecule has 2 rings (SSSR count). The van der Waals surface area contributed by atoms with Gasteiger partial charge in [-0.25, -0.2) is 0 Å². The Labute approximate surface area is 108 Å². The van der Waals surface area contributed by atoms with Crippen LogP contribution < -0.4 is 11.1 Å². The standard InChI is InChI=1S/C14H21N3O/c1-2-11-3-5-12(6-4-11)17-13(15)16-9-14(10-18)7-8-14/h3-6,18H,2,7-10H2,1H3,(H3,15,16,17). The predicted octanol–water partition coefficient (Wildman–Crippen LogP) is 1.75. The summed E-state index contributed by atoms with van der Waals surface area (Å²) in [6, 6.07) is 8.15. The van der Waals surface area contributed by atoms with Gasteiger partial charge in [0.1, 0.15) is 0 Å². The van der Waals surface area contributed by atoms with Gasteiger partial charge in [0.2, 0.25) is 0 Å². The zero-order chi connectivity index (χ0) is 13.0. The molecule has 4 nitrogen and oxygen atoms in total. The van der Waals surface area contributed by atoms with Crippen molar-refractivity contribution in [2.45, 2.75) is 26.2 Å². The van der Waals surface area contributed by atoms with Gasteiger partial charge in [0, 0.05) is 11.1 Å². The van der Waals surface area contributed by atoms with Crippen molar-refractivity contribution in [3.05, 3.63) is 29.8 Å². The molecule has 1 aliphatic carbocycles. The topological polar surface area (TPSA) is 70.6 Å². The van der Waals surface area contributed by atoms with E-state index in [1.54, 1.807) is 0 Å². The minimum absolute atomic E-state index is 0.0123. The second kappa shape index (κ2) is 5.40. The van der Waals surface area contributed by atoms with E-state index in [0.29, 0.717) is 12.5 Å². The van der Waals surface area contributed by atoms with Crippen LogP contribution in [0.4, 0.5) is 5.69 Å². The molecule has 1 aliphatic rings. The number of anilines is 1. The van der Waals surface area contributed by atoms with Crippen molar-refractivity contribution in [1.82, 2.24) is 0 Å². The summed E-state index contributed by atoms with van der Waals surface area (Å²) in [6.45, 7) is 2.94. The van der Waals surface area contributed by atoms with Crippen LogP contribution in [0, 0.1) is 5.41 Å². The fraction of sp³-hybridized carbons (Fsp3) is 0.500. The molecule has 4 N–H and O–H groups in total. The number of aliphatic imine (C=N–C) groups is 1. The average Bonchev–Trinajstić information content (AvgIpc) is 3.18. The van der Waals surface area contributed by atoms with Crippen LogP contribution in [0.1, 0.15) is 25.3 Å². The van der Waals surface area contributed by atoms with Crippen LogP contribution in [-0.4, -0.2) is 24.2 Å². The molecular weight excluding hydrogens is 226 g/mol. The number of nitrogens with two attached hydrogens (primary N) is 1. The first-order chi connectivity index (χ1) is 8.67. The third-order valence-electron chi connectivity index (χ3n) is 3.51. The third kappa shape index (κ3) is 3.23. The molecule has 0 unspecified atom stereocenters. The lowest BCUT2D eigenvalue weighted by molar-refractivity contribution is 0.217. The second-order valence-electron chi connectivity index (χ2n) is 5.04. The Morgan fingerprint density at radius 3 is 2.56 bits per heavy atom. The fourth-order valence-corrected chi connectivity index (χ4v) is 1.81. The van der Waals surface area contributed by atoms with Gasteiger partial charge in [-0.1, -0.05) is 19.1 Å². The molecule has 0 amide bonds. The number of hydrogen-bond donors (Lipinski definition) is 3. The molecule has 1 aromatic carbocycles. The van der Waals surface area contributed by atoms with Crippen molar-refractivity contribution in [3.8, 4) is 0 Å². The van der Waals surface area contributed by atoms with Gasteiger partial charge in [-0.05, 0) is 37.0 Å². The van der Waals surface area contributed by atoms with E-state index in [1.165, 1.54) is 5.56 Å². The first-order valence-corrected chi connectivity index (χ1v) is 6.44. The van der Waals surface area contributed by atoms with Crippen molar-refractivity contribution >= 4 is 11.6 Å². The van der Waals surface area contributed by atoms with Gasteiger partial charge < -0.3 is 16.2 Å². The first kappa shape index (κ1) is 12.9. The van der Waals surface area contributed by atoms with Crippen LogP contribution in [0.25, 0.3) is 0 Å². The molecule has 0 heterocycles. The molecule has 1 saturated carbocycles. The number of rotatable bonds is 5. The van der Waals surface area contributed by atoms with E-state index in [4.69, 9.17) is 5.73 Å². The minimum atomic E-state index is 0.0123. The van der Waals surface area contributed by atoms with E-state index in [-0.39, 0.29) is 12.0 Å². The van der Waals surface area contributed by atoms with Gasteiger partial charge in [0.05, 0.1) is 13.2 Å². The second-order valence-corrected chi connectivity index (χ2v) is 5.04. The SMILES string of the molecule is CCc1ccc(NC(N)=NCC2(CO)CC2)cc1.